The second kappa shape index (κ2) is 12.6. The Kier molecular flexibility index (Phi) is 7.44. The first-order valence-corrected chi connectivity index (χ1v) is 18.9. The first kappa shape index (κ1) is 30.7. The summed E-state index contributed by atoms with van der Waals surface area (Å²) in [4.78, 5) is 4.98. The molecule has 0 radical (unpaired) electrons. The molecular formula is C50H35NS. The Labute approximate surface area is 308 Å². The first-order chi connectivity index (χ1) is 25.7. The van der Waals surface area contributed by atoms with Crippen LogP contribution in [0.1, 0.15) is 24.0 Å². The van der Waals surface area contributed by atoms with Crippen molar-refractivity contribution in [1.82, 2.24) is 4.98 Å². The minimum atomic E-state index is 0.434. The molecule has 2 heterocycles. The van der Waals surface area contributed by atoms with E-state index in [4.69, 9.17) is 4.98 Å². The normalized spacial score (nSPS) is 13.6. The number of fused-ring (bicyclic) bond motifs is 6. The van der Waals surface area contributed by atoms with Crippen LogP contribution in [0.2, 0.25) is 0 Å². The average Bonchev–Trinajstić information content (AvgIpc) is 3.60. The average molecular weight is 682 g/mol. The third-order valence-electron chi connectivity index (χ3n) is 10.8. The number of aromatic nitrogens is 1. The van der Waals surface area contributed by atoms with Gasteiger partial charge in [0.2, 0.25) is 0 Å². The Bertz CT molecular complexity index is 2780. The molecule has 52 heavy (non-hydrogen) atoms. The number of hydrogen-bond acceptors (Lipinski definition) is 2. The van der Waals surface area contributed by atoms with Crippen LogP contribution in [0.3, 0.4) is 0 Å². The quantitative estimate of drug-likeness (QED) is 0.176. The van der Waals surface area contributed by atoms with Crippen molar-refractivity contribution >= 4 is 31.5 Å². The van der Waals surface area contributed by atoms with Crippen molar-refractivity contribution in [2.24, 2.45) is 0 Å². The summed E-state index contributed by atoms with van der Waals surface area (Å²) in [6.07, 6.45) is 2.95. The summed E-state index contributed by atoms with van der Waals surface area (Å²) in [6, 6.07) is 62.5. The molecule has 0 fully saturated rings. The lowest BCUT2D eigenvalue weighted by Gasteiger charge is -2.26. The number of thiophene rings is 1. The minimum absolute atomic E-state index is 0.434. The molecule has 0 spiro atoms. The maximum atomic E-state index is 4.98. The molecular weight excluding hydrogens is 647 g/mol. The van der Waals surface area contributed by atoms with Gasteiger partial charge in [0.1, 0.15) is 0 Å². The van der Waals surface area contributed by atoms with E-state index in [0.717, 1.165) is 12.1 Å². The Balaban J connectivity index is 1.24. The Hall–Kier alpha value is -6.09. The fraction of sp³-hybridized carbons (Fsp3) is 0.0600. The second-order valence-electron chi connectivity index (χ2n) is 13.9. The summed E-state index contributed by atoms with van der Waals surface area (Å²) in [5, 5.41) is 2.64. The predicted molar refractivity (Wildman–Crippen MR) is 222 cm³/mol. The number of pyridine rings is 1. The zero-order valence-corrected chi connectivity index (χ0v) is 29.7. The highest BCUT2D eigenvalue weighted by Gasteiger charge is 2.26. The SMILES string of the molecule is CC1Cc2cccc(-c3ccc(-c4ccccc4)c(-c4cc(-c5cccc6c5sc5ccccc56)ccc4-c4ccccc4)c3)c2-c2ncccc21. The van der Waals surface area contributed by atoms with E-state index in [9.17, 15) is 0 Å². The van der Waals surface area contributed by atoms with Gasteiger partial charge in [0.05, 0.1) is 5.69 Å². The maximum Gasteiger partial charge on any atom is 0.0745 e. The number of hydrogen-bond donors (Lipinski definition) is 0. The number of rotatable bonds is 5. The van der Waals surface area contributed by atoms with E-state index < -0.39 is 0 Å². The molecule has 0 bridgehead atoms. The topological polar surface area (TPSA) is 12.9 Å². The van der Waals surface area contributed by atoms with Gasteiger partial charge in [-0.05, 0) is 103 Å². The highest BCUT2D eigenvalue weighted by atomic mass is 32.1. The molecule has 9 aromatic rings. The highest BCUT2D eigenvalue weighted by Crippen LogP contribution is 2.47. The Morgan fingerprint density at radius 2 is 1.10 bits per heavy atom. The molecule has 1 aliphatic rings. The van der Waals surface area contributed by atoms with Crippen molar-refractivity contribution in [2.75, 3.05) is 0 Å². The monoisotopic (exact) mass is 681 g/mol. The summed E-state index contributed by atoms with van der Waals surface area (Å²) >= 11 is 1.89. The number of nitrogens with zero attached hydrogens (tertiary/aromatic N) is 1. The Morgan fingerprint density at radius 3 is 1.83 bits per heavy atom. The van der Waals surface area contributed by atoms with E-state index in [1.165, 1.54) is 92.5 Å². The third-order valence-corrected chi connectivity index (χ3v) is 12.0. The lowest BCUT2D eigenvalue weighted by atomic mass is 9.78. The molecule has 2 aromatic heterocycles. The van der Waals surface area contributed by atoms with Crippen LogP contribution < -0.4 is 0 Å². The molecule has 0 saturated heterocycles. The van der Waals surface area contributed by atoms with E-state index in [1.807, 2.05) is 17.5 Å². The zero-order valence-electron chi connectivity index (χ0n) is 28.9. The minimum Gasteiger partial charge on any atom is -0.256 e. The van der Waals surface area contributed by atoms with Crippen LogP contribution in [0.4, 0.5) is 0 Å². The third kappa shape index (κ3) is 5.10. The van der Waals surface area contributed by atoms with Crippen molar-refractivity contribution < 1.29 is 0 Å². The van der Waals surface area contributed by atoms with E-state index in [2.05, 4.69) is 177 Å². The molecule has 1 nitrogen and oxygen atoms in total. The van der Waals surface area contributed by atoms with Gasteiger partial charge < -0.3 is 0 Å². The van der Waals surface area contributed by atoms with Crippen molar-refractivity contribution in [2.45, 2.75) is 19.3 Å². The van der Waals surface area contributed by atoms with E-state index in [0.29, 0.717) is 5.92 Å². The fourth-order valence-corrected chi connectivity index (χ4v) is 9.58. The van der Waals surface area contributed by atoms with Crippen molar-refractivity contribution in [3.05, 3.63) is 187 Å². The van der Waals surface area contributed by atoms with Gasteiger partial charge in [0, 0.05) is 31.9 Å². The molecule has 1 atom stereocenters. The second-order valence-corrected chi connectivity index (χ2v) is 15.0. The fourth-order valence-electron chi connectivity index (χ4n) is 8.34. The van der Waals surface area contributed by atoms with Gasteiger partial charge in [0.15, 0.2) is 0 Å². The van der Waals surface area contributed by atoms with Gasteiger partial charge in [-0.25, -0.2) is 0 Å². The molecule has 0 saturated carbocycles. The van der Waals surface area contributed by atoms with E-state index >= 15 is 0 Å². The molecule has 1 aliphatic carbocycles. The lowest BCUT2D eigenvalue weighted by molar-refractivity contribution is 0.743. The Morgan fingerprint density at radius 1 is 0.481 bits per heavy atom. The molecule has 0 aliphatic heterocycles. The maximum absolute atomic E-state index is 4.98. The van der Waals surface area contributed by atoms with Gasteiger partial charge in [-0.1, -0.05) is 153 Å². The van der Waals surface area contributed by atoms with Gasteiger partial charge in [0.25, 0.3) is 0 Å². The standard InChI is InChI=1S/C50H35NS/c1-32-29-37-17-10-19-41(48(37)49-38(32)22-12-28-51-49)35-24-26-39(33-13-4-2-5-14-33)45(30-35)46-31-36(25-27-40(46)34-15-6-3-7-16-34)42-20-11-21-44-43-18-8-9-23-47(43)52-50(42)44/h2-28,30-32H,29H2,1H3. The van der Waals surface area contributed by atoms with Gasteiger partial charge in [-0.15, -0.1) is 11.3 Å². The van der Waals surface area contributed by atoms with Gasteiger partial charge in [-0.3, -0.25) is 4.98 Å². The van der Waals surface area contributed by atoms with Crippen molar-refractivity contribution in [3.8, 4) is 66.9 Å². The van der Waals surface area contributed by atoms with Crippen LogP contribution in [0.25, 0.3) is 87.1 Å². The lowest BCUT2D eigenvalue weighted by Crippen LogP contribution is -2.10. The molecule has 0 amide bonds. The summed E-state index contributed by atoms with van der Waals surface area (Å²) in [6.45, 7) is 2.32. The molecule has 246 valence electrons. The largest absolute Gasteiger partial charge is 0.256 e. The summed E-state index contributed by atoms with van der Waals surface area (Å²) in [5.41, 5.74) is 17.3. The van der Waals surface area contributed by atoms with Crippen LogP contribution in [0, 0.1) is 0 Å². The van der Waals surface area contributed by atoms with Gasteiger partial charge >= 0.3 is 0 Å². The summed E-state index contributed by atoms with van der Waals surface area (Å²) in [7, 11) is 0. The van der Waals surface area contributed by atoms with Crippen LogP contribution >= 0.6 is 11.3 Å². The summed E-state index contributed by atoms with van der Waals surface area (Å²) < 4.78 is 2.65. The van der Waals surface area contributed by atoms with Crippen LogP contribution in [-0.4, -0.2) is 4.98 Å². The highest BCUT2D eigenvalue weighted by molar-refractivity contribution is 7.26. The molecule has 0 N–H and O–H groups in total. The van der Waals surface area contributed by atoms with Crippen LogP contribution in [0.5, 0.6) is 0 Å². The van der Waals surface area contributed by atoms with Gasteiger partial charge in [-0.2, -0.15) is 0 Å². The first-order valence-electron chi connectivity index (χ1n) is 18.1. The predicted octanol–water partition coefficient (Wildman–Crippen LogP) is 14.1. The zero-order chi connectivity index (χ0) is 34.6. The van der Waals surface area contributed by atoms with Crippen molar-refractivity contribution in [1.29, 1.82) is 0 Å². The smallest absolute Gasteiger partial charge is 0.0745 e. The van der Waals surface area contributed by atoms with E-state index in [-0.39, 0.29) is 0 Å². The van der Waals surface area contributed by atoms with Crippen LogP contribution in [0.15, 0.2) is 176 Å². The molecule has 7 aromatic carbocycles. The van der Waals surface area contributed by atoms with Crippen LogP contribution in [-0.2, 0) is 6.42 Å². The molecule has 10 rings (SSSR count). The molecule has 1 unspecified atom stereocenters. The van der Waals surface area contributed by atoms with E-state index in [1.54, 1.807) is 0 Å². The summed E-state index contributed by atoms with van der Waals surface area (Å²) in [5.74, 6) is 0.434. The number of benzene rings is 7. The molecule has 2 heteroatoms. The van der Waals surface area contributed by atoms with Crippen molar-refractivity contribution in [3.63, 3.8) is 0 Å².